The Balaban J connectivity index is 0.000000298. The van der Waals surface area contributed by atoms with E-state index in [1.807, 2.05) is 0 Å². The summed E-state index contributed by atoms with van der Waals surface area (Å²) in [5.74, 6) is -8.44. The van der Waals surface area contributed by atoms with Gasteiger partial charge >= 0.3 is 41.8 Å². The topological polar surface area (TPSA) is 369 Å². The van der Waals surface area contributed by atoms with Gasteiger partial charge in [-0.25, -0.2) is 23.6 Å². The van der Waals surface area contributed by atoms with Crippen LogP contribution in [0.15, 0.2) is 118 Å². The molecule has 3 aromatic heterocycles. The second kappa shape index (κ2) is 39.4. The summed E-state index contributed by atoms with van der Waals surface area (Å²) in [4.78, 5) is 143. The Morgan fingerprint density at radius 1 is 0.480 bits per heavy atom. The van der Waals surface area contributed by atoms with E-state index in [4.69, 9.17) is 72.2 Å². The number of ether oxygens (including phenoxy) is 5. The fourth-order valence-corrected chi connectivity index (χ4v) is 10.2. The van der Waals surface area contributed by atoms with Crippen LogP contribution in [0, 0.1) is 6.92 Å². The van der Waals surface area contributed by atoms with Crippen molar-refractivity contribution in [1.29, 1.82) is 0 Å². The van der Waals surface area contributed by atoms with Crippen LogP contribution in [0.5, 0.6) is 0 Å². The molecule has 0 bridgehead atoms. The molecule has 4 aromatic carbocycles. The first-order valence-electron chi connectivity index (χ1n) is 29.7. The molecule has 0 radical (unpaired) electrons. The van der Waals surface area contributed by atoms with Gasteiger partial charge in [-0.15, -0.1) is 0 Å². The number of halogens is 5. The van der Waals surface area contributed by atoms with Crippen molar-refractivity contribution in [2.75, 3.05) is 33.0 Å². The van der Waals surface area contributed by atoms with E-state index in [2.05, 4.69) is 35.4 Å². The lowest BCUT2D eigenvalue weighted by atomic mass is 9.97. The lowest BCUT2D eigenvalue weighted by molar-refractivity contribution is -0.157. The molecule has 4 N–H and O–H groups in total. The average Bonchev–Trinajstić information content (AvgIpc) is 0.820. The molecule has 27 nitrogen and oxygen atoms in total. The number of amides is 2. The Labute approximate surface area is 585 Å². The van der Waals surface area contributed by atoms with Crippen LogP contribution >= 0.6 is 58.0 Å². The van der Waals surface area contributed by atoms with E-state index in [-0.39, 0.29) is 106 Å². The summed E-state index contributed by atoms with van der Waals surface area (Å²) in [7, 11) is 4.48. The number of aryl methyl sites for hydroxylation is 4. The monoisotopic (exact) mass is 1450 g/mol. The van der Waals surface area contributed by atoms with Gasteiger partial charge in [0.15, 0.2) is 5.92 Å². The molecule has 522 valence electrons. The van der Waals surface area contributed by atoms with Gasteiger partial charge in [-0.05, 0) is 99.2 Å². The maximum absolute atomic E-state index is 12.8. The summed E-state index contributed by atoms with van der Waals surface area (Å²) < 4.78 is 27.1. The van der Waals surface area contributed by atoms with Crippen LogP contribution in [0.1, 0.15) is 95.5 Å². The molecule has 3 heterocycles. The van der Waals surface area contributed by atoms with Gasteiger partial charge in [0.05, 0.1) is 100 Å². The maximum Gasteiger partial charge on any atom is 0.326 e. The van der Waals surface area contributed by atoms with Gasteiger partial charge in [-0.1, -0.05) is 119 Å². The van der Waals surface area contributed by atoms with Gasteiger partial charge < -0.3 is 44.5 Å². The fourth-order valence-electron chi connectivity index (χ4n) is 8.80. The third-order valence-corrected chi connectivity index (χ3v) is 15.1. The van der Waals surface area contributed by atoms with E-state index in [9.17, 15) is 67.7 Å². The number of hydrogen-bond acceptors (Lipinski definition) is 20. The first kappa shape index (κ1) is 80.6. The molecule has 0 unspecified atom stereocenters. The molecule has 32 heteroatoms. The molecule has 2 amide bonds. The minimum Gasteiger partial charge on any atom is -0.480 e. The fraction of sp³-hybridized carbons (Fsp3) is 0.318. The second-order valence-electron chi connectivity index (χ2n) is 20.4. The van der Waals surface area contributed by atoms with Crippen LogP contribution in [-0.2, 0) is 97.7 Å². The Kier molecular flexibility index (Phi) is 32.4. The van der Waals surface area contributed by atoms with Crippen LogP contribution in [-0.4, -0.2) is 138 Å². The van der Waals surface area contributed by atoms with Crippen LogP contribution in [0.2, 0.25) is 25.1 Å². The van der Waals surface area contributed by atoms with E-state index in [0.717, 1.165) is 14.9 Å². The number of nitrogens with one attached hydrogen (secondary N) is 2. The highest BCUT2D eigenvalue weighted by atomic mass is 35.5. The molecule has 2 atom stereocenters. The molecule has 0 fully saturated rings. The summed E-state index contributed by atoms with van der Waals surface area (Å²) >= 11 is 30.1. The zero-order chi connectivity index (χ0) is 73.1. The van der Waals surface area contributed by atoms with E-state index >= 15 is 0 Å². The standard InChI is InChI=1S/C25H23Cl2N3O6.C22H19Cl2N3O4.C12H15ClN2O5.C7H12O4/c1-3-36-20(31)12-16-13-28-30(2)24(33)21(16)15-9-7-14(8-10-15)11-19(25(34)35)29-23(32)22-17(26)5-4-6-18(22)27;1-12-11-25-27(2)21(29)18(12)14-8-6-13(7-9-14)10-17(22(30)31)26-20(28)19-15(23)4-3-5-16(19)24;1-4-19-11(17)8(12(18)20-5-2)7-6-14-15(3)10(16)9(7)13;1-3-10-6(8)5-7(9)11-4-2/h4-10,13,19H,3,11-12H2,1-2H3,(H,29,32)(H,34,35);3-9,11,17H,10H2,1-2H3,(H,26,28)(H,30,31);6,8H,4-5H2,1-3H3;3-5H2,1-2H3/t19-;17-;;/m00../s1. The molecule has 7 aromatic rings. The number of benzene rings is 4. The van der Waals surface area contributed by atoms with E-state index in [0.29, 0.717) is 38.9 Å². The van der Waals surface area contributed by atoms with Crippen molar-refractivity contribution in [3.8, 4) is 22.3 Å². The van der Waals surface area contributed by atoms with E-state index < -0.39 is 82.7 Å². The van der Waals surface area contributed by atoms with Crippen molar-refractivity contribution in [2.24, 2.45) is 21.1 Å². The van der Waals surface area contributed by atoms with Crippen molar-refractivity contribution in [3.05, 3.63) is 199 Å². The molecular weight excluding hydrogens is 1390 g/mol. The van der Waals surface area contributed by atoms with Crippen molar-refractivity contribution in [2.45, 2.75) is 85.2 Å². The van der Waals surface area contributed by atoms with Crippen molar-refractivity contribution in [1.82, 2.24) is 40.0 Å². The molecule has 98 heavy (non-hydrogen) atoms. The average molecular weight is 1460 g/mol. The first-order valence-corrected chi connectivity index (χ1v) is 31.6. The molecule has 7 rings (SSSR count). The molecule has 0 saturated carbocycles. The Hall–Kier alpha value is -9.80. The van der Waals surface area contributed by atoms with Crippen molar-refractivity contribution >= 4 is 112 Å². The van der Waals surface area contributed by atoms with Crippen LogP contribution in [0.25, 0.3) is 22.3 Å². The molecule has 0 aliphatic heterocycles. The number of nitrogens with zero attached hydrogens (tertiary/aromatic N) is 6. The lowest BCUT2D eigenvalue weighted by Crippen LogP contribution is -2.42. The first-order chi connectivity index (χ1) is 46.4. The molecule has 0 spiro atoms. The number of aliphatic carboxylic acids is 2. The Morgan fingerprint density at radius 2 is 0.837 bits per heavy atom. The number of carboxylic acids is 2. The third kappa shape index (κ3) is 23.2. The molecular formula is C66H69Cl5N8O19. The van der Waals surface area contributed by atoms with Crippen LogP contribution in [0.3, 0.4) is 0 Å². The molecule has 0 saturated heterocycles. The highest BCUT2D eigenvalue weighted by molar-refractivity contribution is 6.40. The third-order valence-electron chi connectivity index (χ3n) is 13.5. The zero-order valence-corrected chi connectivity index (χ0v) is 58.1. The molecule has 0 aliphatic rings. The van der Waals surface area contributed by atoms with E-state index in [1.54, 1.807) is 115 Å². The van der Waals surface area contributed by atoms with Gasteiger partial charge in [0.25, 0.3) is 28.5 Å². The van der Waals surface area contributed by atoms with Gasteiger partial charge in [-0.2, -0.15) is 15.3 Å². The predicted octanol–water partition coefficient (Wildman–Crippen LogP) is 7.92. The minimum absolute atomic E-state index is 0.00917. The van der Waals surface area contributed by atoms with Gasteiger partial charge in [0.2, 0.25) is 0 Å². The number of carboxylic acid groups (broad SMARTS) is 2. The van der Waals surface area contributed by atoms with Crippen LogP contribution in [0.4, 0.5) is 0 Å². The number of rotatable bonds is 24. The summed E-state index contributed by atoms with van der Waals surface area (Å²) in [6.07, 6.45) is 3.83. The Bertz CT molecular complexity index is 4150. The van der Waals surface area contributed by atoms with E-state index in [1.165, 1.54) is 55.4 Å². The highest BCUT2D eigenvalue weighted by Crippen LogP contribution is 2.28. The number of esters is 5. The molecule has 0 aliphatic carbocycles. The van der Waals surface area contributed by atoms with Gasteiger partial charge in [0, 0.05) is 39.5 Å². The quantitative estimate of drug-likeness (QED) is 0.0253. The van der Waals surface area contributed by atoms with Crippen LogP contribution < -0.4 is 27.3 Å². The predicted molar refractivity (Wildman–Crippen MR) is 361 cm³/mol. The number of carbonyl (C=O) groups is 9. The largest absolute Gasteiger partial charge is 0.480 e. The summed E-state index contributed by atoms with van der Waals surface area (Å²) in [6, 6.07) is 20.2. The summed E-state index contributed by atoms with van der Waals surface area (Å²) in [6.45, 7) is 11.0. The number of carbonyl (C=O) groups excluding carboxylic acids is 7. The lowest BCUT2D eigenvalue weighted by Gasteiger charge is -2.16. The van der Waals surface area contributed by atoms with Gasteiger partial charge in [-0.3, -0.25) is 47.9 Å². The normalized spacial score (nSPS) is 11.1. The number of aromatic nitrogens is 6. The van der Waals surface area contributed by atoms with Crippen molar-refractivity contribution in [3.63, 3.8) is 0 Å². The second-order valence-corrected chi connectivity index (χ2v) is 22.4. The zero-order valence-electron chi connectivity index (χ0n) is 54.3. The van der Waals surface area contributed by atoms with Gasteiger partial charge in [0.1, 0.15) is 23.5 Å². The smallest absolute Gasteiger partial charge is 0.326 e. The summed E-state index contributed by atoms with van der Waals surface area (Å²) in [5, 5.41) is 36.1. The maximum atomic E-state index is 12.8. The Morgan fingerprint density at radius 3 is 1.23 bits per heavy atom. The SMILES string of the molecule is CCOC(=O)C(C(=O)OCC)c1cnn(C)c(=O)c1Cl.CCOC(=O)CC(=O)OCC.CCOC(=O)Cc1cnn(C)c(=O)c1-c1ccc(C[C@H](NC(=O)c2c(Cl)cccc2Cl)C(=O)O)cc1.Cc1cnn(C)c(=O)c1-c1ccc(C[C@H](NC(=O)c2c(Cl)cccc2Cl)C(=O)O)cc1. The highest BCUT2D eigenvalue weighted by Gasteiger charge is 2.35. The summed E-state index contributed by atoms with van der Waals surface area (Å²) in [5.41, 5.74) is 3.24. The number of hydrogen-bond donors (Lipinski definition) is 4. The van der Waals surface area contributed by atoms with Crippen molar-refractivity contribution < 1.29 is 77.0 Å². The minimum atomic E-state index is -1.41.